The van der Waals surface area contributed by atoms with E-state index in [4.69, 9.17) is 11.6 Å². The summed E-state index contributed by atoms with van der Waals surface area (Å²) in [4.78, 5) is 14.4. The summed E-state index contributed by atoms with van der Waals surface area (Å²) in [6.07, 6.45) is 0. The summed E-state index contributed by atoms with van der Waals surface area (Å²) in [5, 5.41) is 0. The lowest BCUT2D eigenvalue weighted by Crippen LogP contribution is -2.30. The van der Waals surface area contributed by atoms with Gasteiger partial charge in [-0.05, 0) is 37.1 Å². The second-order valence-corrected chi connectivity index (χ2v) is 5.41. The van der Waals surface area contributed by atoms with E-state index < -0.39 is 0 Å². The van der Waals surface area contributed by atoms with Gasteiger partial charge in [-0.15, -0.1) is 11.6 Å². The molecule has 0 aliphatic heterocycles. The summed E-state index contributed by atoms with van der Waals surface area (Å²) >= 11 is 5.78. The smallest absolute Gasteiger partial charge is 0.254 e. The number of carbonyl (C=O) groups excluding carboxylic acids is 1. The molecule has 0 radical (unpaired) electrons. The van der Waals surface area contributed by atoms with Crippen LogP contribution in [0.5, 0.6) is 0 Å². The predicted molar refractivity (Wildman–Crippen MR) is 87.6 cm³/mol. The Balaban J connectivity index is 2.14. The van der Waals surface area contributed by atoms with E-state index in [2.05, 4.69) is 25.1 Å². The van der Waals surface area contributed by atoms with Gasteiger partial charge in [0, 0.05) is 24.5 Å². The van der Waals surface area contributed by atoms with Gasteiger partial charge in [0.15, 0.2) is 0 Å². The van der Waals surface area contributed by atoms with Crippen LogP contribution in [0.15, 0.2) is 48.5 Å². The molecule has 0 aliphatic carbocycles. The zero-order valence-corrected chi connectivity index (χ0v) is 13.2. The van der Waals surface area contributed by atoms with Gasteiger partial charge in [-0.25, -0.2) is 0 Å². The van der Waals surface area contributed by atoms with Crippen LogP contribution in [0.1, 0.15) is 34.0 Å². The molecule has 2 nitrogen and oxygen atoms in total. The normalized spacial score (nSPS) is 10.4. The van der Waals surface area contributed by atoms with E-state index in [0.29, 0.717) is 24.5 Å². The van der Waals surface area contributed by atoms with Crippen LogP contribution in [0, 0.1) is 6.92 Å². The Morgan fingerprint density at radius 2 is 1.81 bits per heavy atom. The van der Waals surface area contributed by atoms with E-state index in [-0.39, 0.29) is 5.91 Å². The van der Waals surface area contributed by atoms with Crippen molar-refractivity contribution in [1.29, 1.82) is 0 Å². The molecule has 21 heavy (non-hydrogen) atoms. The lowest BCUT2D eigenvalue weighted by Gasteiger charge is -2.21. The SMILES string of the molecule is CCN(Cc1cccc(C)c1)C(=O)c1ccc(CCl)cc1. The number of benzene rings is 2. The first kappa shape index (κ1) is 15.6. The molecule has 3 heteroatoms. The molecule has 0 bridgehead atoms. The molecule has 0 atom stereocenters. The number of carbonyl (C=O) groups is 1. The van der Waals surface area contributed by atoms with Gasteiger partial charge in [0.1, 0.15) is 0 Å². The van der Waals surface area contributed by atoms with Gasteiger partial charge < -0.3 is 4.90 Å². The third-order valence-electron chi connectivity index (χ3n) is 3.48. The quantitative estimate of drug-likeness (QED) is 0.750. The molecule has 0 aromatic heterocycles. The number of hydrogen-bond acceptors (Lipinski definition) is 1. The lowest BCUT2D eigenvalue weighted by molar-refractivity contribution is 0.0752. The minimum Gasteiger partial charge on any atom is -0.335 e. The minimum atomic E-state index is 0.0557. The number of rotatable bonds is 5. The largest absolute Gasteiger partial charge is 0.335 e. The van der Waals surface area contributed by atoms with Crippen LogP contribution in [0.4, 0.5) is 0 Å². The van der Waals surface area contributed by atoms with Gasteiger partial charge in [-0.1, -0.05) is 42.0 Å². The van der Waals surface area contributed by atoms with Crippen LogP contribution in [0.3, 0.4) is 0 Å². The Hall–Kier alpha value is -1.80. The number of hydrogen-bond donors (Lipinski definition) is 0. The van der Waals surface area contributed by atoms with Crippen molar-refractivity contribution >= 4 is 17.5 Å². The summed E-state index contributed by atoms with van der Waals surface area (Å²) in [5.74, 6) is 0.523. The minimum absolute atomic E-state index is 0.0557. The van der Waals surface area contributed by atoms with Crippen molar-refractivity contribution in [2.45, 2.75) is 26.3 Å². The number of amides is 1. The summed E-state index contributed by atoms with van der Waals surface area (Å²) in [6.45, 7) is 5.38. The van der Waals surface area contributed by atoms with Crippen molar-refractivity contribution in [3.05, 3.63) is 70.8 Å². The molecule has 0 heterocycles. The number of aryl methyl sites for hydroxylation is 1. The van der Waals surface area contributed by atoms with Crippen molar-refractivity contribution in [2.24, 2.45) is 0 Å². The first-order chi connectivity index (χ1) is 10.1. The Labute approximate surface area is 131 Å². The maximum Gasteiger partial charge on any atom is 0.254 e. The third-order valence-corrected chi connectivity index (χ3v) is 3.79. The van der Waals surface area contributed by atoms with Crippen LogP contribution >= 0.6 is 11.6 Å². The molecular weight excluding hydrogens is 282 g/mol. The molecule has 2 aromatic rings. The Bertz CT molecular complexity index is 607. The van der Waals surface area contributed by atoms with E-state index in [0.717, 1.165) is 11.1 Å². The highest BCUT2D eigenvalue weighted by atomic mass is 35.5. The molecule has 2 aromatic carbocycles. The maximum atomic E-state index is 12.6. The first-order valence-electron chi connectivity index (χ1n) is 7.13. The molecule has 0 unspecified atom stereocenters. The summed E-state index contributed by atoms with van der Waals surface area (Å²) in [5.41, 5.74) is 4.10. The number of nitrogens with zero attached hydrogens (tertiary/aromatic N) is 1. The Morgan fingerprint density at radius 1 is 1.10 bits per heavy atom. The highest BCUT2D eigenvalue weighted by molar-refractivity contribution is 6.17. The molecule has 0 saturated heterocycles. The molecule has 110 valence electrons. The predicted octanol–water partition coefficient (Wildman–Crippen LogP) is 4.40. The molecule has 0 fully saturated rings. The summed E-state index contributed by atoms with van der Waals surface area (Å²) in [7, 11) is 0. The standard InChI is InChI=1S/C18H20ClNO/c1-3-20(13-16-6-4-5-14(2)11-16)18(21)17-9-7-15(12-19)8-10-17/h4-11H,3,12-13H2,1-2H3. The summed E-state index contributed by atoms with van der Waals surface area (Å²) in [6, 6.07) is 15.8. The van der Waals surface area contributed by atoms with Crippen LogP contribution in [0.25, 0.3) is 0 Å². The molecule has 0 saturated carbocycles. The Kier molecular flexibility index (Phi) is 5.40. The van der Waals surface area contributed by atoms with Crippen molar-refractivity contribution in [3.63, 3.8) is 0 Å². The van der Waals surface area contributed by atoms with Gasteiger partial charge in [0.05, 0.1) is 0 Å². The third kappa shape index (κ3) is 4.08. The fourth-order valence-electron chi connectivity index (χ4n) is 2.28. The van der Waals surface area contributed by atoms with E-state index >= 15 is 0 Å². The van der Waals surface area contributed by atoms with Gasteiger partial charge in [0.25, 0.3) is 5.91 Å². The van der Waals surface area contributed by atoms with Crippen LogP contribution in [-0.2, 0) is 12.4 Å². The number of alkyl halides is 1. The average molecular weight is 302 g/mol. The fourth-order valence-corrected chi connectivity index (χ4v) is 2.46. The second kappa shape index (κ2) is 7.28. The van der Waals surface area contributed by atoms with Gasteiger partial charge in [-0.3, -0.25) is 4.79 Å². The second-order valence-electron chi connectivity index (χ2n) is 5.14. The lowest BCUT2D eigenvalue weighted by atomic mass is 10.1. The van der Waals surface area contributed by atoms with Crippen LogP contribution < -0.4 is 0 Å². The average Bonchev–Trinajstić information content (AvgIpc) is 2.52. The molecule has 0 aliphatic rings. The molecule has 1 amide bonds. The Morgan fingerprint density at radius 3 is 2.38 bits per heavy atom. The zero-order valence-electron chi connectivity index (χ0n) is 12.5. The van der Waals surface area contributed by atoms with E-state index in [1.54, 1.807) is 0 Å². The fraction of sp³-hybridized carbons (Fsp3) is 0.278. The van der Waals surface area contributed by atoms with Crippen molar-refractivity contribution in [1.82, 2.24) is 4.90 Å². The molecule has 2 rings (SSSR count). The number of halogens is 1. The van der Waals surface area contributed by atoms with E-state index in [1.807, 2.05) is 42.2 Å². The van der Waals surface area contributed by atoms with Gasteiger partial charge in [-0.2, -0.15) is 0 Å². The summed E-state index contributed by atoms with van der Waals surface area (Å²) < 4.78 is 0. The van der Waals surface area contributed by atoms with Gasteiger partial charge >= 0.3 is 0 Å². The maximum absolute atomic E-state index is 12.6. The van der Waals surface area contributed by atoms with Crippen LogP contribution in [-0.4, -0.2) is 17.4 Å². The highest BCUT2D eigenvalue weighted by Crippen LogP contribution is 2.13. The van der Waals surface area contributed by atoms with E-state index in [1.165, 1.54) is 5.56 Å². The van der Waals surface area contributed by atoms with Crippen molar-refractivity contribution in [2.75, 3.05) is 6.54 Å². The monoisotopic (exact) mass is 301 g/mol. The van der Waals surface area contributed by atoms with E-state index in [9.17, 15) is 4.79 Å². The highest BCUT2D eigenvalue weighted by Gasteiger charge is 2.14. The van der Waals surface area contributed by atoms with Crippen molar-refractivity contribution in [3.8, 4) is 0 Å². The van der Waals surface area contributed by atoms with Crippen molar-refractivity contribution < 1.29 is 4.79 Å². The molecular formula is C18H20ClNO. The topological polar surface area (TPSA) is 20.3 Å². The molecule has 0 spiro atoms. The van der Waals surface area contributed by atoms with Crippen LogP contribution in [0.2, 0.25) is 0 Å². The molecule has 0 N–H and O–H groups in total. The first-order valence-corrected chi connectivity index (χ1v) is 7.67. The zero-order chi connectivity index (χ0) is 15.2. The van der Waals surface area contributed by atoms with Gasteiger partial charge in [0.2, 0.25) is 0 Å².